The minimum Gasteiger partial charge on any atom is -0.382 e. The van der Waals surface area contributed by atoms with Crippen LogP contribution in [0.5, 0.6) is 0 Å². The van der Waals surface area contributed by atoms with Crippen molar-refractivity contribution in [2.45, 2.75) is 51.0 Å². The van der Waals surface area contributed by atoms with Crippen LogP contribution in [0.1, 0.15) is 44.9 Å². The SMILES string of the molecule is Fc1cccc(NC2CCC3CCCCC3C2)c1. The molecule has 0 aromatic heterocycles. The van der Waals surface area contributed by atoms with Crippen LogP contribution in [0.4, 0.5) is 10.1 Å². The lowest BCUT2D eigenvalue weighted by molar-refractivity contribution is 0.162. The number of halogens is 1. The van der Waals surface area contributed by atoms with Crippen molar-refractivity contribution in [2.24, 2.45) is 11.8 Å². The van der Waals surface area contributed by atoms with Gasteiger partial charge in [0, 0.05) is 11.7 Å². The van der Waals surface area contributed by atoms with Crippen LogP contribution in [0.3, 0.4) is 0 Å². The molecule has 2 heteroatoms. The molecule has 3 unspecified atom stereocenters. The molecule has 2 aliphatic rings. The summed E-state index contributed by atoms with van der Waals surface area (Å²) in [5.41, 5.74) is 0.939. The molecule has 2 aliphatic carbocycles. The third-order valence-electron chi connectivity index (χ3n) is 4.74. The molecule has 0 aliphatic heterocycles. The number of anilines is 1. The Morgan fingerprint density at radius 1 is 1.00 bits per heavy atom. The van der Waals surface area contributed by atoms with Crippen LogP contribution in [-0.2, 0) is 0 Å². The molecule has 3 rings (SSSR count). The topological polar surface area (TPSA) is 12.0 Å². The van der Waals surface area contributed by atoms with Crippen LogP contribution in [0.15, 0.2) is 24.3 Å². The zero-order valence-electron chi connectivity index (χ0n) is 10.9. The van der Waals surface area contributed by atoms with E-state index in [1.54, 1.807) is 12.1 Å². The first-order valence-electron chi connectivity index (χ1n) is 7.33. The van der Waals surface area contributed by atoms with Crippen molar-refractivity contribution in [1.82, 2.24) is 0 Å². The summed E-state index contributed by atoms with van der Waals surface area (Å²) in [6.07, 6.45) is 9.58. The third kappa shape index (κ3) is 2.68. The number of benzene rings is 1. The van der Waals surface area contributed by atoms with E-state index in [1.807, 2.05) is 6.07 Å². The van der Waals surface area contributed by atoms with Crippen LogP contribution in [0.2, 0.25) is 0 Å². The average molecular weight is 247 g/mol. The largest absolute Gasteiger partial charge is 0.382 e. The second kappa shape index (κ2) is 5.29. The van der Waals surface area contributed by atoms with Crippen molar-refractivity contribution >= 4 is 5.69 Å². The zero-order valence-corrected chi connectivity index (χ0v) is 10.9. The maximum Gasteiger partial charge on any atom is 0.125 e. The molecule has 2 saturated carbocycles. The van der Waals surface area contributed by atoms with Crippen LogP contribution in [-0.4, -0.2) is 6.04 Å². The Labute approximate surface area is 109 Å². The van der Waals surface area contributed by atoms with Crippen molar-refractivity contribution in [3.63, 3.8) is 0 Å². The molecule has 0 amide bonds. The second-order valence-corrected chi connectivity index (χ2v) is 5.97. The number of fused-ring (bicyclic) bond motifs is 1. The van der Waals surface area contributed by atoms with Gasteiger partial charge < -0.3 is 5.32 Å². The van der Waals surface area contributed by atoms with E-state index in [9.17, 15) is 4.39 Å². The number of hydrogen-bond acceptors (Lipinski definition) is 1. The highest BCUT2D eigenvalue weighted by Crippen LogP contribution is 2.41. The molecule has 1 nitrogen and oxygen atoms in total. The van der Waals surface area contributed by atoms with E-state index in [4.69, 9.17) is 0 Å². The lowest BCUT2D eigenvalue weighted by Gasteiger charge is -2.39. The summed E-state index contributed by atoms with van der Waals surface area (Å²) in [6, 6.07) is 7.40. The third-order valence-corrected chi connectivity index (χ3v) is 4.74. The van der Waals surface area contributed by atoms with Gasteiger partial charge in [-0.25, -0.2) is 4.39 Å². The van der Waals surface area contributed by atoms with Gasteiger partial charge in [-0.1, -0.05) is 31.7 Å². The number of hydrogen-bond donors (Lipinski definition) is 1. The van der Waals surface area contributed by atoms with E-state index >= 15 is 0 Å². The molecule has 1 aromatic rings. The highest BCUT2D eigenvalue weighted by Gasteiger charge is 2.31. The summed E-state index contributed by atoms with van der Waals surface area (Å²) < 4.78 is 13.1. The Bertz CT molecular complexity index is 404. The van der Waals surface area contributed by atoms with Gasteiger partial charge in [0.25, 0.3) is 0 Å². The summed E-state index contributed by atoms with van der Waals surface area (Å²) in [5.74, 6) is 1.74. The smallest absolute Gasteiger partial charge is 0.125 e. The fourth-order valence-corrected chi connectivity index (χ4v) is 3.82. The molecular weight excluding hydrogens is 225 g/mol. The lowest BCUT2D eigenvalue weighted by atomic mass is 9.69. The summed E-state index contributed by atoms with van der Waals surface area (Å²) in [5, 5.41) is 3.51. The number of nitrogens with one attached hydrogen (secondary N) is 1. The minimum atomic E-state index is -0.147. The van der Waals surface area contributed by atoms with E-state index in [0.717, 1.165) is 17.5 Å². The van der Waals surface area contributed by atoms with Crippen molar-refractivity contribution in [2.75, 3.05) is 5.32 Å². The summed E-state index contributed by atoms with van der Waals surface area (Å²) >= 11 is 0. The summed E-state index contributed by atoms with van der Waals surface area (Å²) in [6.45, 7) is 0. The highest BCUT2D eigenvalue weighted by atomic mass is 19.1. The first kappa shape index (κ1) is 12.0. The second-order valence-electron chi connectivity index (χ2n) is 5.97. The van der Waals surface area contributed by atoms with Gasteiger partial charge >= 0.3 is 0 Å². The van der Waals surface area contributed by atoms with Gasteiger partial charge in [0.15, 0.2) is 0 Å². The van der Waals surface area contributed by atoms with Gasteiger partial charge in [0.05, 0.1) is 0 Å². The predicted octanol–water partition coefficient (Wildman–Crippen LogP) is 4.60. The van der Waals surface area contributed by atoms with Gasteiger partial charge in [-0.2, -0.15) is 0 Å². The Morgan fingerprint density at radius 2 is 1.83 bits per heavy atom. The molecule has 1 aromatic carbocycles. The molecular formula is C16H22FN. The molecule has 0 spiro atoms. The van der Waals surface area contributed by atoms with E-state index in [2.05, 4.69) is 5.32 Å². The maximum absolute atomic E-state index is 13.1. The predicted molar refractivity (Wildman–Crippen MR) is 73.1 cm³/mol. The molecule has 1 N–H and O–H groups in total. The van der Waals surface area contributed by atoms with Crippen LogP contribution in [0, 0.1) is 17.7 Å². The Kier molecular flexibility index (Phi) is 3.53. The zero-order chi connectivity index (χ0) is 12.4. The molecule has 0 bridgehead atoms. The molecule has 0 radical (unpaired) electrons. The Balaban J connectivity index is 1.61. The molecule has 18 heavy (non-hydrogen) atoms. The fourth-order valence-electron chi connectivity index (χ4n) is 3.82. The highest BCUT2D eigenvalue weighted by molar-refractivity contribution is 5.44. The first-order chi connectivity index (χ1) is 8.81. The Hall–Kier alpha value is -1.05. The van der Waals surface area contributed by atoms with Crippen LogP contribution < -0.4 is 5.32 Å². The van der Waals surface area contributed by atoms with Gasteiger partial charge in [-0.15, -0.1) is 0 Å². The van der Waals surface area contributed by atoms with Crippen molar-refractivity contribution in [3.8, 4) is 0 Å². The fraction of sp³-hybridized carbons (Fsp3) is 0.625. The quantitative estimate of drug-likeness (QED) is 0.805. The van der Waals surface area contributed by atoms with Gasteiger partial charge in [0.2, 0.25) is 0 Å². The molecule has 98 valence electrons. The van der Waals surface area contributed by atoms with E-state index in [0.29, 0.717) is 6.04 Å². The van der Waals surface area contributed by atoms with Gasteiger partial charge in [-0.3, -0.25) is 0 Å². The molecule has 3 atom stereocenters. The Morgan fingerprint density at radius 3 is 2.67 bits per heavy atom. The average Bonchev–Trinajstić information content (AvgIpc) is 2.39. The van der Waals surface area contributed by atoms with Gasteiger partial charge in [0.1, 0.15) is 5.82 Å². The number of rotatable bonds is 2. The maximum atomic E-state index is 13.1. The van der Waals surface area contributed by atoms with Crippen molar-refractivity contribution in [3.05, 3.63) is 30.1 Å². The first-order valence-corrected chi connectivity index (χ1v) is 7.33. The molecule has 0 saturated heterocycles. The van der Waals surface area contributed by atoms with Crippen LogP contribution >= 0.6 is 0 Å². The van der Waals surface area contributed by atoms with Crippen LogP contribution in [0.25, 0.3) is 0 Å². The molecule has 0 heterocycles. The van der Waals surface area contributed by atoms with Crippen molar-refractivity contribution < 1.29 is 4.39 Å². The van der Waals surface area contributed by atoms with E-state index in [1.165, 1.54) is 51.0 Å². The molecule has 2 fully saturated rings. The normalized spacial score (nSPS) is 31.7. The summed E-state index contributed by atoms with van der Waals surface area (Å²) in [7, 11) is 0. The standard InChI is InChI=1S/C16H22FN/c17-14-6-3-7-15(11-14)18-16-9-8-12-4-1-2-5-13(12)10-16/h3,6-7,11-13,16,18H,1-2,4-5,8-10H2. The van der Waals surface area contributed by atoms with Gasteiger partial charge in [-0.05, 0) is 49.3 Å². The summed E-state index contributed by atoms with van der Waals surface area (Å²) in [4.78, 5) is 0. The lowest BCUT2D eigenvalue weighted by Crippen LogP contribution is -2.34. The minimum absolute atomic E-state index is 0.147. The monoisotopic (exact) mass is 247 g/mol. The van der Waals surface area contributed by atoms with E-state index < -0.39 is 0 Å². The van der Waals surface area contributed by atoms with E-state index in [-0.39, 0.29) is 5.82 Å². The van der Waals surface area contributed by atoms with Crippen molar-refractivity contribution in [1.29, 1.82) is 0 Å².